The van der Waals surface area contributed by atoms with Gasteiger partial charge in [-0.15, -0.1) is 0 Å². The van der Waals surface area contributed by atoms with Gasteiger partial charge in [0, 0.05) is 20.8 Å². The number of carbonyl (C=O) groups excluding carboxylic acids is 2. The van der Waals surface area contributed by atoms with Crippen LogP contribution in [0.25, 0.3) is 5.76 Å². The second-order valence-electron chi connectivity index (χ2n) is 7.36. The van der Waals surface area contributed by atoms with E-state index < -0.39 is 23.5 Å². The van der Waals surface area contributed by atoms with E-state index in [4.69, 9.17) is 51.1 Å². The molecule has 1 amide bonds. The third kappa shape index (κ3) is 4.30. The second-order valence-corrected chi connectivity index (χ2v) is 9.08. The molecule has 4 rings (SSSR count). The lowest BCUT2D eigenvalue weighted by atomic mass is 9.94. The zero-order valence-corrected chi connectivity index (χ0v) is 20.4. The molecule has 0 spiro atoms. The molecule has 0 aromatic heterocycles. The van der Waals surface area contributed by atoms with E-state index in [1.165, 1.54) is 49.6 Å². The maximum absolute atomic E-state index is 13.3. The van der Waals surface area contributed by atoms with Gasteiger partial charge in [-0.1, -0.05) is 58.5 Å². The molecule has 1 saturated heterocycles. The first-order chi connectivity index (χ1) is 16.1. The fourth-order valence-corrected chi connectivity index (χ4v) is 4.96. The number of aromatic hydroxyl groups is 1. The fourth-order valence-electron chi connectivity index (χ4n) is 3.88. The van der Waals surface area contributed by atoms with Gasteiger partial charge in [0.15, 0.2) is 0 Å². The van der Waals surface area contributed by atoms with Crippen LogP contribution in [0.15, 0.2) is 60.2 Å². The highest BCUT2D eigenvalue weighted by atomic mass is 35.5. The summed E-state index contributed by atoms with van der Waals surface area (Å²) in [6.45, 7) is 0. The summed E-state index contributed by atoms with van der Waals surface area (Å²) in [6.07, 6.45) is 0. The van der Waals surface area contributed by atoms with E-state index in [1.54, 1.807) is 12.1 Å². The molecule has 1 aliphatic heterocycles. The minimum absolute atomic E-state index is 0.0206. The van der Waals surface area contributed by atoms with Crippen LogP contribution in [-0.2, 0) is 9.59 Å². The summed E-state index contributed by atoms with van der Waals surface area (Å²) in [6, 6.07) is 12.0. The molecule has 1 aliphatic rings. The van der Waals surface area contributed by atoms with Gasteiger partial charge < -0.3 is 14.9 Å². The number of hydrogen-bond acceptors (Lipinski definition) is 5. The van der Waals surface area contributed by atoms with Crippen LogP contribution < -0.4 is 9.64 Å². The van der Waals surface area contributed by atoms with Crippen LogP contribution in [0.1, 0.15) is 17.2 Å². The van der Waals surface area contributed by atoms with Crippen molar-refractivity contribution >= 4 is 69.5 Å². The van der Waals surface area contributed by atoms with E-state index in [0.717, 1.165) is 4.90 Å². The molecule has 3 aromatic rings. The number of aliphatic hydroxyl groups excluding tert-OH is 1. The number of Topliss-reactive ketones (excluding diaryl/α,β-unsaturated/α-hetero) is 1. The van der Waals surface area contributed by atoms with Crippen LogP contribution in [0.2, 0.25) is 20.1 Å². The Hall–Kier alpha value is -2.90. The van der Waals surface area contributed by atoms with Crippen molar-refractivity contribution in [3.8, 4) is 11.5 Å². The summed E-state index contributed by atoms with van der Waals surface area (Å²) >= 11 is 24.6. The third-order valence-electron chi connectivity index (χ3n) is 5.22. The lowest BCUT2D eigenvalue weighted by molar-refractivity contribution is -0.132. The number of phenols is 1. The number of rotatable bonds is 4. The Bertz CT molecular complexity index is 1350. The lowest BCUT2D eigenvalue weighted by Crippen LogP contribution is -2.29. The highest BCUT2D eigenvalue weighted by molar-refractivity contribution is 6.52. The highest BCUT2D eigenvalue weighted by Crippen LogP contribution is 2.46. The van der Waals surface area contributed by atoms with Gasteiger partial charge in [-0.05, 0) is 48.0 Å². The molecule has 0 aliphatic carbocycles. The van der Waals surface area contributed by atoms with E-state index in [1.807, 2.05) is 0 Å². The summed E-state index contributed by atoms with van der Waals surface area (Å²) in [7, 11) is 1.34. The molecule has 10 heteroatoms. The largest absolute Gasteiger partial charge is 0.508 e. The Morgan fingerprint density at radius 2 is 1.59 bits per heavy atom. The maximum atomic E-state index is 13.3. The van der Waals surface area contributed by atoms with Crippen molar-refractivity contribution in [2.45, 2.75) is 6.04 Å². The molecule has 1 unspecified atom stereocenters. The number of halogens is 4. The van der Waals surface area contributed by atoms with Crippen molar-refractivity contribution in [1.29, 1.82) is 0 Å². The van der Waals surface area contributed by atoms with Crippen molar-refractivity contribution in [3.05, 3.63) is 91.4 Å². The molecule has 34 heavy (non-hydrogen) atoms. The minimum atomic E-state index is -1.14. The molecule has 0 saturated carbocycles. The van der Waals surface area contributed by atoms with Gasteiger partial charge in [0.05, 0.1) is 29.3 Å². The van der Waals surface area contributed by atoms with Gasteiger partial charge in [-0.2, -0.15) is 0 Å². The quantitative estimate of drug-likeness (QED) is 0.221. The van der Waals surface area contributed by atoms with E-state index in [0.29, 0.717) is 5.56 Å². The van der Waals surface area contributed by atoms with Crippen LogP contribution in [0, 0.1) is 0 Å². The predicted octanol–water partition coefficient (Wildman–Crippen LogP) is 6.64. The van der Waals surface area contributed by atoms with Crippen molar-refractivity contribution < 1.29 is 24.5 Å². The molecule has 1 atom stereocenters. The van der Waals surface area contributed by atoms with Crippen molar-refractivity contribution in [1.82, 2.24) is 0 Å². The summed E-state index contributed by atoms with van der Waals surface area (Å²) in [5.74, 6) is -2.49. The number of anilines is 1. The smallest absolute Gasteiger partial charge is 0.300 e. The molecule has 1 heterocycles. The van der Waals surface area contributed by atoms with Crippen molar-refractivity contribution in [2.24, 2.45) is 0 Å². The van der Waals surface area contributed by atoms with Crippen molar-refractivity contribution in [2.75, 3.05) is 12.0 Å². The fraction of sp³-hybridized carbons (Fsp3) is 0.0833. The Morgan fingerprint density at radius 3 is 2.21 bits per heavy atom. The molecular formula is C24H15Cl4NO5. The number of ether oxygens (including phenoxy) is 1. The third-order valence-corrected chi connectivity index (χ3v) is 6.16. The second kappa shape index (κ2) is 9.39. The molecule has 1 fully saturated rings. The highest BCUT2D eigenvalue weighted by Gasteiger charge is 2.47. The van der Waals surface area contributed by atoms with Gasteiger partial charge in [-0.25, -0.2) is 0 Å². The number of amides is 1. The first-order valence-corrected chi connectivity index (χ1v) is 11.2. The normalized spacial score (nSPS) is 17.3. The van der Waals surface area contributed by atoms with Crippen LogP contribution in [0.3, 0.4) is 0 Å². The van der Waals surface area contributed by atoms with E-state index in [-0.39, 0.29) is 48.4 Å². The number of phenolic OH excluding ortho intramolecular Hbond substituents is 1. The minimum Gasteiger partial charge on any atom is -0.508 e. The zero-order valence-electron chi connectivity index (χ0n) is 17.4. The van der Waals surface area contributed by atoms with Gasteiger partial charge in [-0.3, -0.25) is 14.5 Å². The van der Waals surface area contributed by atoms with E-state index in [2.05, 4.69) is 0 Å². The Balaban J connectivity index is 2.04. The number of nitrogens with zero attached hydrogens (tertiary/aromatic N) is 1. The first-order valence-electron chi connectivity index (χ1n) is 9.71. The molecule has 6 nitrogen and oxygen atoms in total. The number of methoxy groups -OCH3 is 1. The van der Waals surface area contributed by atoms with Crippen LogP contribution in [0.4, 0.5) is 5.69 Å². The summed E-state index contributed by atoms with van der Waals surface area (Å²) in [5, 5.41) is 22.1. The van der Waals surface area contributed by atoms with Gasteiger partial charge in [0.25, 0.3) is 11.7 Å². The predicted molar refractivity (Wildman–Crippen MR) is 132 cm³/mol. The molecule has 174 valence electrons. The number of hydrogen-bond donors (Lipinski definition) is 2. The van der Waals surface area contributed by atoms with Gasteiger partial charge in [0.1, 0.15) is 17.3 Å². The molecule has 0 radical (unpaired) electrons. The lowest BCUT2D eigenvalue weighted by Gasteiger charge is -2.26. The Labute approximate surface area is 214 Å². The van der Waals surface area contributed by atoms with Gasteiger partial charge in [0.2, 0.25) is 0 Å². The van der Waals surface area contributed by atoms with Crippen LogP contribution in [-0.4, -0.2) is 29.0 Å². The zero-order chi connectivity index (χ0) is 24.7. The maximum Gasteiger partial charge on any atom is 0.300 e. The van der Waals surface area contributed by atoms with Crippen LogP contribution in [0.5, 0.6) is 11.5 Å². The topological polar surface area (TPSA) is 87.1 Å². The number of carbonyl (C=O) groups is 2. The van der Waals surface area contributed by atoms with Gasteiger partial charge >= 0.3 is 0 Å². The number of ketones is 1. The first kappa shape index (κ1) is 24.2. The Kier molecular flexibility index (Phi) is 6.69. The van der Waals surface area contributed by atoms with Crippen molar-refractivity contribution in [3.63, 3.8) is 0 Å². The summed E-state index contributed by atoms with van der Waals surface area (Å²) < 4.78 is 5.31. The monoisotopic (exact) mass is 537 g/mol. The average Bonchev–Trinajstić information content (AvgIpc) is 3.03. The molecule has 0 bridgehead atoms. The summed E-state index contributed by atoms with van der Waals surface area (Å²) in [4.78, 5) is 27.6. The number of aliphatic hydroxyl groups is 1. The summed E-state index contributed by atoms with van der Waals surface area (Å²) in [5.41, 5.74) is 0.336. The number of benzene rings is 3. The Morgan fingerprint density at radius 1 is 0.941 bits per heavy atom. The molecule has 3 aromatic carbocycles. The average molecular weight is 539 g/mol. The standard InChI is InChI=1S/C24H15Cl4NO5/c1-34-23-17(9-14(27)10-18(23)28)21(31)19-20(11-3-2-4-16(30)5-11)29(24(33)22(19)32)15-7-12(25)6-13(26)8-15/h2-10,20,30-31H,1H3/b21-19+. The van der Waals surface area contributed by atoms with E-state index in [9.17, 15) is 19.8 Å². The molecular weight excluding hydrogens is 524 g/mol. The van der Waals surface area contributed by atoms with E-state index >= 15 is 0 Å². The SMILES string of the molecule is COc1c(Cl)cc(Cl)cc1/C(O)=C1\C(=O)C(=O)N(c2cc(Cl)cc(Cl)c2)C1c1cccc(O)c1. The molecule has 2 N–H and O–H groups in total. The van der Waals surface area contributed by atoms with Crippen LogP contribution >= 0.6 is 46.4 Å².